The first-order chi connectivity index (χ1) is 23.0. The summed E-state index contributed by atoms with van der Waals surface area (Å²) < 4.78 is 34.2. The molecular weight excluding hydrogens is 649 g/mol. The van der Waals surface area contributed by atoms with Crippen LogP contribution >= 0.6 is 7.82 Å². The van der Waals surface area contributed by atoms with E-state index in [9.17, 15) is 19.0 Å². The highest BCUT2D eigenvalue weighted by Gasteiger charge is 2.48. The van der Waals surface area contributed by atoms with Crippen LogP contribution in [0, 0.1) is 0 Å². The number of unbranched alkanes of at least 4 members (excludes halogenated alkanes) is 16. The van der Waals surface area contributed by atoms with Gasteiger partial charge in [-0.3, -0.25) is 18.6 Å². The summed E-state index contributed by atoms with van der Waals surface area (Å²) in [5.41, 5.74) is 0. The molecule has 1 saturated heterocycles. The maximum absolute atomic E-state index is 12.6. The minimum absolute atomic E-state index is 0.0371. The Morgan fingerprint density at radius 3 is 1.71 bits per heavy atom. The fourth-order valence-electron chi connectivity index (χ4n) is 5.73. The van der Waals surface area contributed by atoms with Gasteiger partial charge in [0, 0.05) is 12.8 Å². The number of ether oxygens (including phenoxy) is 2. The second kappa shape index (κ2) is 28.0. The van der Waals surface area contributed by atoms with E-state index >= 15 is 0 Å². The molecule has 284 valence electrons. The van der Waals surface area contributed by atoms with Gasteiger partial charge in [-0.2, -0.15) is 0 Å². The van der Waals surface area contributed by atoms with Crippen LogP contribution in [-0.2, 0) is 44.4 Å². The van der Waals surface area contributed by atoms with Gasteiger partial charge in [-0.05, 0) is 43.9 Å². The Morgan fingerprint density at radius 1 is 0.667 bits per heavy atom. The largest absolute Gasteiger partial charge is 0.472 e. The van der Waals surface area contributed by atoms with Crippen LogP contribution in [0.5, 0.6) is 0 Å². The molecule has 0 amide bonds. The summed E-state index contributed by atoms with van der Waals surface area (Å²) in [6, 6.07) is 0. The van der Waals surface area contributed by atoms with Crippen molar-refractivity contribution in [3.63, 3.8) is 0 Å². The molecule has 1 heterocycles. The third-order valence-electron chi connectivity index (χ3n) is 8.86. The normalized spacial score (nSPS) is 18.0. The maximum Gasteiger partial charge on any atom is 0.472 e. The molecule has 11 heteroatoms. The standard InChI is InChI=1S/C37H72NO8PS/c1-6-8-9-10-11-12-13-14-15-16-20-23-27-36(39)43-31-33(32-45-47(41,42)44-30-29-38(3,4)5)46-37(40)28-24-21-18-17-19-22-26-35-34(48-35)25-7-2/h33-35H,6-32H2,1-5H3/p+2/t33-,34-,35-/m0/s1. The Labute approximate surface area is 298 Å². The predicted molar refractivity (Wildman–Crippen MR) is 199 cm³/mol. The van der Waals surface area contributed by atoms with Crippen molar-refractivity contribution in [3.05, 3.63) is 0 Å². The number of esters is 2. The van der Waals surface area contributed by atoms with E-state index in [4.69, 9.17) is 18.5 Å². The number of nitrogens with zero attached hydrogens (tertiary/aromatic N) is 1. The molecule has 1 aliphatic rings. The van der Waals surface area contributed by atoms with E-state index in [-0.39, 0.29) is 25.6 Å². The number of quaternary nitrogens is 1. The van der Waals surface area contributed by atoms with E-state index in [0.717, 1.165) is 49.0 Å². The van der Waals surface area contributed by atoms with Crippen LogP contribution in [-0.4, -0.2) is 85.4 Å². The third kappa shape index (κ3) is 28.1. The van der Waals surface area contributed by atoms with E-state index in [1.165, 1.54) is 96.3 Å². The summed E-state index contributed by atoms with van der Waals surface area (Å²) in [5.74, 6) is -0.786. The molecule has 0 aromatic carbocycles. The molecular formula is C37H74NO8PS+2. The molecule has 9 nitrogen and oxygen atoms in total. The highest BCUT2D eigenvalue weighted by Crippen LogP contribution is 2.43. The smallest absolute Gasteiger partial charge is 0.462 e. The van der Waals surface area contributed by atoms with Crippen LogP contribution in [0.4, 0.5) is 0 Å². The molecule has 0 spiro atoms. The average Bonchev–Trinajstić information content (AvgIpc) is 3.77. The molecule has 1 N–H and O–H groups in total. The Morgan fingerprint density at radius 2 is 1.17 bits per heavy atom. The molecule has 1 fully saturated rings. The molecule has 1 aliphatic heterocycles. The minimum atomic E-state index is -4.36. The number of carbonyl (C=O) groups excluding carboxylic acids is 2. The van der Waals surface area contributed by atoms with Crippen LogP contribution in [0.25, 0.3) is 0 Å². The lowest BCUT2D eigenvalue weighted by atomic mass is 10.0. The molecule has 1 unspecified atom stereocenters. The van der Waals surface area contributed by atoms with Crippen LogP contribution in [0.15, 0.2) is 0 Å². The summed E-state index contributed by atoms with van der Waals surface area (Å²) in [4.78, 5) is 35.2. The number of phosphoric acid groups is 1. The number of rotatable bonds is 34. The summed E-state index contributed by atoms with van der Waals surface area (Å²) in [6.07, 6.45) is 24.7. The van der Waals surface area contributed by atoms with Gasteiger partial charge in [0.25, 0.3) is 0 Å². The first-order valence-corrected chi connectivity index (χ1v) is 22.0. The lowest BCUT2D eigenvalue weighted by molar-refractivity contribution is -0.870. The lowest BCUT2D eigenvalue weighted by Crippen LogP contribution is -2.37. The Bertz CT molecular complexity index is 871. The number of likely N-dealkylation sites (N-methyl/N-ethyl adjacent to an activating group) is 1. The van der Waals surface area contributed by atoms with Crippen LogP contribution in [0.2, 0.25) is 0 Å². The second-order valence-corrected chi connectivity index (χ2v) is 17.9. The van der Waals surface area contributed by atoms with Crippen molar-refractivity contribution in [1.29, 1.82) is 0 Å². The van der Waals surface area contributed by atoms with Crippen molar-refractivity contribution in [3.8, 4) is 0 Å². The van der Waals surface area contributed by atoms with Gasteiger partial charge in [0.1, 0.15) is 19.8 Å². The van der Waals surface area contributed by atoms with Crippen molar-refractivity contribution < 1.29 is 42.1 Å². The fourth-order valence-corrected chi connectivity index (χ4v) is 7.90. The number of hydrogen-bond acceptors (Lipinski definition) is 7. The maximum atomic E-state index is 12.6. The lowest BCUT2D eigenvalue weighted by Gasteiger charge is -2.24. The number of thiol groups is 1. The SMILES string of the molecule is CCCCCCCCCCCCCCC(=O)OC[C@@H](COP(=O)(O)OCC[N+](C)(C)C)OC(=O)CCCCCCCC[C@@H]1[SH+][C@H]1CCC. The molecule has 0 aromatic rings. The molecule has 0 aromatic heterocycles. The van der Waals surface area contributed by atoms with Crippen molar-refractivity contribution in [1.82, 2.24) is 0 Å². The monoisotopic (exact) mass is 723 g/mol. The van der Waals surface area contributed by atoms with Gasteiger partial charge in [0.2, 0.25) is 0 Å². The summed E-state index contributed by atoms with van der Waals surface area (Å²) in [6.45, 7) is 4.45. The molecule has 48 heavy (non-hydrogen) atoms. The zero-order chi connectivity index (χ0) is 35.5. The number of carbonyl (C=O) groups is 2. The zero-order valence-corrected chi connectivity index (χ0v) is 33.3. The van der Waals surface area contributed by atoms with Crippen LogP contribution in [0.1, 0.15) is 162 Å². The summed E-state index contributed by atoms with van der Waals surface area (Å²) in [7, 11) is 1.49. The fraction of sp³-hybridized carbons (Fsp3) is 0.946. The van der Waals surface area contributed by atoms with Gasteiger partial charge >= 0.3 is 19.8 Å². The third-order valence-corrected chi connectivity index (χ3v) is 11.5. The van der Waals surface area contributed by atoms with E-state index in [0.29, 0.717) is 17.4 Å². The van der Waals surface area contributed by atoms with E-state index in [1.807, 2.05) is 21.1 Å². The van der Waals surface area contributed by atoms with E-state index in [2.05, 4.69) is 13.8 Å². The highest BCUT2D eigenvalue weighted by atomic mass is 32.2. The molecule has 0 aliphatic carbocycles. The van der Waals surface area contributed by atoms with Crippen LogP contribution in [0.3, 0.4) is 0 Å². The molecule has 1 rings (SSSR count). The van der Waals surface area contributed by atoms with Gasteiger partial charge in [-0.25, -0.2) is 4.57 Å². The van der Waals surface area contributed by atoms with Gasteiger partial charge in [0.15, 0.2) is 16.6 Å². The first-order valence-electron chi connectivity index (χ1n) is 19.4. The van der Waals surface area contributed by atoms with Crippen LogP contribution < -0.4 is 0 Å². The molecule has 0 radical (unpaired) electrons. The number of hydrogen-bond donors (Lipinski definition) is 1. The zero-order valence-electron chi connectivity index (χ0n) is 31.5. The molecule has 4 atom stereocenters. The average molecular weight is 724 g/mol. The van der Waals surface area contributed by atoms with E-state index in [1.54, 1.807) is 11.8 Å². The van der Waals surface area contributed by atoms with E-state index < -0.39 is 26.5 Å². The Balaban J connectivity index is 2.31. The van der Waals surface area contributed by atoms with Crippen molar-refractivity contribution >= 4 is 31.5 Å². The molecule has 0 bridgehead atoms. The number of phosphoric ester groups is 1. The van der Waals surface area contributed by atoms with Gasteiger partial charge in [-0.15, -0.1) is 0 Å². The molecule has 0 saturated carbocycles. The summed E-state index contributed by atoms with van der Waals surface area (Å²) in [5, 5.41) is 1.90. The van der Waals surface area contributed by atoms with Gasteiger partial charge < -0.3 is 18.9 Å². The van der Waals surface area contributed by atoms with Crippen molar-refractivity contribution in [2.45, 2.75) is 178 Å². The summed E-state index contributed by atoms with van der Waals surface area (Å²) >= 11 is 1.67. The first kappa shape index (κ1) is 45.4. The van der Waals surface area contributed by atoms with Gasteiger partial charge in [0.05, 0.1) is 27.7 Å². The Hall–Kier alpha value is -0.640. The topological polar surface area (TPSA) is 108 Å². The second-order valence-electron chi connectivity index (χ2n) is 14.8. The predicted octanol–water partition coefficient (Wildman–Crippen LogP) is 8.86. The van der Waals surface area contributed by atoms with Crippen molar-refractivity contribution in [2.24, 2.45) is 0 Å². The minimum Gasteiger partial charge on any atom is -0.462 e. The van der Waals surface area contributed by atoms with Gasteiger partial charge in [-0.1, -0.05) is 117 Å². The van der Waals surface area contributed by atoms with Crippen molar-refractivity contribution in [2.75, 3.05) is 47.5 Å². The quantitative estimate of drug-likeness (QED) is 0.0134. The highest BCUT2D eigenvalue weighted by molar-refractivity contribution is 7.87. The Kier molecular flexibility index (Phi) is 26.5.